The highest BCUT2D eigenvalue weighted by Crippen LogP contribution is 2.37. The molecule has 1 aliphatic rings. The number of aliphatic hydroxyl groups is 1. The molecule has 1 aliphatic heterocycles. The number of carbonyl (C=O) groups is 1. The number of ether oxygens (including phenoxy) is 1. The van der Waals surface area contributed by atoms with Crippen LogP contribution in [0.25, 0.3) is 0 Å². The average molecular weight is 291 g/mol. The summed E-state index contributed by atoms with van der Waals surface area (Å²) in [5, 5.41) is 20.0. The van der Waals surface area contributed by atoms with Crippen molar-refractivity contribution in [3.05, 3.63) is 58.6 Å². The van der Waals surface area contributed by atoms with Gasteiger partial charge in [-0.3, -0.25) is 4.79 Å². The third-order valence-corrected chi connectivity index (χ3v) is 3.53. The van der Waals surface area contributed by atoms with Crippen molar-refractivity contribution in [3.63, 3.8) is 0 Å². The molecule has 2 N–H and O–H groups in total. The highest BCUT2D eigenvalue weighted by Gasteiger charge is 2.37. The maximum atomic E-state index is 12.5. The fourth-order valence-electron chi connectivity index (χ4n) is 2.29. The predicted molar refractivity (Wildman–Crippen MR) is 73.3 cm³/mol. The van der Waals surface area contributed by atoms with Crippen molar-refractivity contribution in [1.29, 1.82) is 0 Å². The van der Waals surface area contributed by atoms with E-state index in [1.807, 2.05) is 0 Å². The molecule has 0 bridgehead atoms. The number of phenols is 1. The molecule has 2 aromatic carbocycles. The van der Waals surface area contributed by atoms with Crippen molar-refractivity contribution >= 4 is 17.4 Å². The Morgan fingerprint density at radius 2 is 1.80 bits per heavy atom. The van der Waals surface area contributed by atoms with Crippen LogP contribution in [0.2, 0.25) is 5.02 Å². The molecule has 5 heteroatoms. The molecule has 0 aliphatic carbocycles. The van der Waals surface area contributed by atoms with E-state index in [0.717, 1.165) is 0 Å². The number of benzene rings is 2. The van der Waals surface area contributed by atoms with Gasteiger partial charge in [0.2, 0.25) is 6.29 Å². The van der Waals surface area contributed by atoms with Gasteiger partial charge in [0.15, 0.2) is 5.78 Å². The van der Waals surface area contributed by atoms with E-state index in [1.54, 1.807) is 24.3 Å². The Morgan fingerprint density at radius 1 is 1.10 bits per heavy atom. The molecule has 2 unspecified atom stereocenters. The lowest BCUT2D eigenvalue weighted by atomic mass is 9.87. The summed E-state index contributed by atoms with van der Waals surface area (Å²) in [6.45, 7) is 0. The second-order valence-electron chi connectivity index (χ2n) is 4.58. The van der Waals surface area contributed by atoms with Gasteiger partial charge in [-0.1, -0.05) is 23.7 Å². The summed E-state index contributed by atoms with van der Waals surface area (Å²) < 4.78 is 5.32. The first-order valence-electron chi connectivity index (χ1n) is 6.03. The van der Waals surface area contributed by atoms with E-state index in [-0.39, 0.29) is 17.3 Å². The molecule has 4 nitrogen and oxygen atoms in total. The number of aromatic hydroxyl groups is 1. The Hall–Kier alpha value is -2.04. The fourth-order valence-corrected chi connectivity index (χ4v) is 2.42. The minimum absolute atomic E-state index is 0.0197. The number of hydrogen-bond donors (Lipinski definition) is 2. The number of ketones is 1. The number of rotatable bonds is 1. The van der Waals surface area contributed by atoms with Crippen molar-refractivity contribution in [2.24, 2.45) is 0 Å². The monoisotopic (exact) mass is 290 g/mol. The number of aliphatic hydroxyl groups excluding tert-OH is 1. The van der Waals surface area contributed by atoms with Crippen LogP contribution in [0.15, 0.2) is 42.5 Å². The number of Topliss-reactive ketones (excluding diaryl/α,β-unsaturated/α-hetero) is 1. The van der Waals surface area contributed by atoms with Crippen LogP contribution in [0.1, 0.15) is 21.8 Å². The van der Waals surface area contributed by atoms with Gasteiger partial charge >= 0.3 is 0 Å². The zero-order chi connectivity index (χ0) is 14.3. The van der Waals surface area contributed by atoms with Crippen LogP contribution >= 0.6 is 11.6 Å². The standard InChI is InChI=1S/C15H11ClO4/c16-9-3-1-8(2-4-9)13-14(18)11-6-5-10(17)7-12(11)20-15(13)19/h1-7,13,15,17,19H. The van der Waals surface area contributed by atoms with Gasteiger partial charge < -0.3 is 14.9 Å². The molecular weight excluding hydrogens is 280 g/mol. The Labute approximate surface area is 120 Å². The predicted octanol–water partition coefficient (Wildman–Crippen LogP) is 2.72. The van der Waals surface area contributed by atoms with Crippen LogP contribution in [-0.4, -0.2) is 22.3 Å². The van der Waals surface area contributed by atoms with E-state index < -0.39 is 12.2 Å². The first-order valence-corrected chi connectivity index (χ1v) is 6.41. The summed E-state index contributed by atoms with van der Waals surface area (Å²) >= 11 is 5.82. The van der Waals surface area contributed by atoms with Crippen LogP contribution in [0.3, 0.4) is 0 Å². The lowest BCUT2D eigenvalue weighted by Crippen LogP contribution is -2.35. The second-order valence-corrected chi connectivity index (χ2v) is 5.02. The zero-order valence-electron chi connectivity index (χ0n) is 10.3. The molecule has 102 valence electrons. The van der Waals surface area contributed by atoms with Gasteiger partial charge in [-0.15, -0.1) is 0 Å². The minimum Gasteiger partial charge on any atom is -0.508 e. The third kappa shape index (κ3) is 2.13. The number of hydrogen-bond acceptors (Lipinski definition) is 4. The first-order chi connectivity index (χ1) is 9.56. The smallest absolute Gasteiger partial charge is 0.211 e. The molecule has 0 amide bonds. The maximum Gasteiger partial charge on any atom is 0.211 e. The van der Waals surface area contributed by atoms with Crippen LogP contribution in [0, 0.1) is 0 Å². The van der Waals surface area contributed by atoms with Gasteiger partial charge in [-0.25, -0.2) is 0 Å². The second kappa shape index (κ2) is 4.81. The molecule has 20 heavy (non-hydrogen) atoms. The van der Waals surface area contributed by atoms with Crippen LogP contribution in [0.4, 0.5) is 0 Å². The summed E-state index contributed by atoms with van der Waals surface area (Å²) in [5.74, 6) is -0.883. The number of halogens is 1. The van der Waals surface area contributed by atoms with Gasteiger partial charge in [-0.05, 0) is 29.8 Å². The SMILES string of the molecule is O=C1c2ccc(O)cc2OC(O)C1c1ccc(Cl)cc1. The Morgan fingerprint density at radius 3 is 2.50 bits per heavy atom. The maximum absolute atomic E-state index is 12.5. The van der Waals surface area contributed by atoms with Crippen molar-refractivity contribution < 1.29 is 19.7 Å². The highest BCUT2D eigenvalue weighted by atomic mass is 35.5. The molecule has 0 spiro atoms. The average Bonchev–Trinajstić information content (AvgIpc) is 2.40. The Balaban J connectivity index is 2.04. The largest absolute Gasteiger partial charge is 0.508 e. The minimum atomic E-state index is -1.29. The Kier molecular flexibility index (Phi) is 3.12. The van der Waals surface area contributed by atoms with E-state index in [4.69, 9.17) is 16.3 Å². The molecule has 2 atom stereocenters. The summed E-state index contributed by atoms with van der Waals surface area (Å²) in [5.41, 5.74) is 0.971. The molecular formula is C15H11ClO4. The quantitative estimate of drug-likeness (QED) is 0.847. The molecule has 2 aromatic rings. The van der Waals surface area contributed by atoms with Crippen LogP contribution in [0.5, 0.6) is 11.5 Å². The van der Waals surface area contributed by atoms with Crippen LogP contribution < -0.4 is 4.74 Å². The first kappa shape index (κ1) is 13.0. The summed E-state index contributed by atoms with van der Waals surface area (Å²) in [6.07, 6.45) is -1.29. The molecule has 3 rings (SSSR count). The topological polar surface area (TPSA) is 66.8 Å². The summed E-state index contributed by atoms with van der Waals surface area (Å²) in [4.78, 5) is 12.5. The lowest BCUT2D eigenvalue weighted by Gasteiger charge is -2.29. The number of phenolic OH excluding ortho intramolecular Hbond substituents is 1. The van der Waals surface area contributed by atoms with E-state index >= 15 is 0 Å². The molecule has 0 saturated heterocycles. The number of carbonyl (C=O) groups excluding carboxylic acids is 1. The molecule has 0 aromatic heterocycles. The van der Waals surface area contributed by atoms with Crippen molar-refractivity contribution in [2.45, 2.75) is 12.2 Å². The van der Waals surface area contributed by atoms with Crippen molar-refractivity contribution in [2.75, 3.05) is 0 Å². The third-order valence-electron chi connectivity index (χ3n) is 3.28. The van der Waals surface area contributed by atoms with Crippen molar-refractivity contribution in [3.8, 4) is 11.5 Å². The highest BCUT2D eigenvalue weighted by molar-refractivity contribution is 6.30. The molecule has 1 heterocycles. The Bertz CT molecular complexity index is 666. The van der Waals surface area contributed by atoms with E-state index in [0.29, 0.717) is 16.1 Å². The zero-order valence-corrected chi connectivity index (χ0v) is 11.0. The van der Waals surface area contributed by atoms with E-state index in [2.05, 4.69) is 0 Å². The molecule has 0 saturated carbocycles. The van der Waals surface area contributed by atoms with Crippen LogP contribution in [-0.2, 0) is 0 Å². The summed E-state index contributed by atoms with van der Waals surface area (Å²) in [7, 11) is 0. The summed E-state index contributed by atoms with van der Waals surface area (Å²) in [6, 6.07) is 10.9. The molecule has 0 radical (unpaired) electrons. The number of fused-ring (bicyclic) bond motifs is 1. The molecule has 0 fully saturated rings. The van der Waals surface area contributed by atoms with Gasteiger partial charge in [-0.2, -0.15) is 0 Å². The van der Waals surface area contributed by atoms with Gasteiger partial charge in [0.25, 0.3) is 0 Å². The lowest BCUT2D eigenvalue weighted by molar-refractivity contribution is -0.0386. The fraction of sp³-hybridized carbons (Fsp3) is 0.133. The van der Waals surface area contributed by atoms with Gasteiger partial charge in [0.05, 0.1) is 5.56 Å². The van der Waals surface area contributed by atoms with Gasteiger partial charge in [0.1, 0.15) is 17.4 Å². The normalized spacial score (nSPS) is 21.2. The van der Waals surface area contributed by atoms with Gasteiger partial charge in [0, 0.05) is 11.1 Å². The van der Waals surface area contributed by atoms with Crippen molar-refractivity contribution in [1.82, 2.24) is 0 Å². The van der Waals surface area contributed by atoms with E-state index in [9.17, 15) is 15.0 Å². The van der Waals surface area contributed by atoms with E-state index in [1.165, 1.54) is 18.2 Å².